The number of hydrogen-bond acceptors (Lipinski definition) is 4. The third-order valence-corrected chi connectivity index (χ3v) is 5.82. The van der Waals surface area contributed by atoms with E-state index in [2.05, 4.69) is 19.2 Å². The second kappa shape index (κ2) is 9.20. The van der Waals surface area contributed by atoms with Gasteiger partial charge in [0, 0.05) is 27.4 Å². The van der Waals surface area contributed by atoms with E-state index >= 15 is 0 Å². The van der Waals surface area contributed by atoms with Gasteiger partial charge in [-0.25, -0.2) is 0 Å². The lowest BCUT2D eigenvalue weighted by molar-refractivity contribution is 0.0996. The molecule has 0 aliphatic carbocycles. The van der Waals surface area contributed by atoms with E-state index < -0.39 is 0 Å². The van der Waals surface area contributed by atoms with Gasteiger partial charge in [-0.1, -0.05) is 29.8 Å². The highest BCUT2D eigenvalue weighted by Gasteiger charge is 2.28. The van der Waals surface area contributed by atoms with E-state index in [1.807, 2.05) is 18.2 Å². The van der Waals surface area contributed by atoms with Crippen LogP contribution in [0.25, 0.3) is 0 Å². The van der Waals surface area contributed by atoms with Crippen LogP contribution in [0.15, 0.2) is 71.7 Å². The molecule has 0 radical (unpaired) electrons. The first-order valence-corrected chi connectivity index (χ1v) is 11.1. The Labute approximate surface area is 198 Å². The summed E-state index contributed by atoms with van der Waals surface area (Å²) in [6.07, 6.45) is 0.967. The number of carbonyl (C=O) groups is 2. The van der Waals surface area contributed by atoms with Crippen molar-refractivity contribution in [1.82, 2.24) is 0 Å². The SMILES string of the molecule is COc1ccc2c(c1)C(CC(=O)c1cccc(NC(=O)c3ccc(Cl)cc3)c1)=NC(C)(C)C2. The van der Waals surface area contributed by atoms with Gasteiger partial charge in [-0.2, -0.15) is 0 Å². The van der Waals surface area contributed by atoms with E-state index in [1.54, 1.807) is 55.6 Å². The largest absolute Gasteiger partial charge is 0.497 e. The number of methoxy groups -OCH3 is 1. The summed E-state index contributed by atoms with van der Waals surface area (Å²) in [5, 5.41) is 3.40. The molecule has 0 saturated carbocycles. The molecule has 0 fully saturated rings. The number of benzene rings is 3. The van der Waals surface area contributed by atoms with Gasteiger partial charge in [0.1, 0.15) is 5.75 Å². The summed E-state index contributed by atoms with van der Waals surface area (Å²) in [5.41, 5.74) is 4.12. The number of carbonyl (C=O) groups excluding carboxylic acids is 2. The van der Waals surface area contributed by atoms with Gasteiger partial charge in [0.2, 0.25) is 0 Å². The fourth-order valence-corrected chi connectivity index (χ4v) is 4.13. The number of aliphatic imine (C=N–C) groups is 1. The monoisotopic (exact) mass is 460 g/mol. The molecule has 0 aromatic heterocycles. The molecule has 33 heavy (non-hydrogen) atoms. The zero-order valence-corrected chi connectivity index (χ0v) is 19.6. The standard InChI is InChI=1S/C27H25ClN2O3/c1-27(2)16-19-9-12-22(33-3)14-23(19)24(30-27)15-25(31)18-5-4-6-21(13-18)29-26(32)17-7-10-20(28)11-8-17/h4-14H,15-16H2,1-3H3,(H,29,32). The normalized spacial score (nSPS) is 14.1. The Morgan fingerprint density at radius 2 is 1.79 bits per heavy atom. The number of ether oxygens (including phenoxy) is 1. The highest BCUT2D eigenvalue weighted by Crippen LogP contribution is 2.31. The lowest BCUT2D eigenvalue weighted by atomic mass is 9.85. The number of anilines is 1. The molecule has 0 spiro atoms. The van der Waals surface area contributed by atoms with Crippen molar-refractivity contribution in [2.24, 2.45) is 4.99 Å². The summed E-state index contributed by atoms with van der Waals surface area (Å²) < 4.78 is 5.38. The maximum Gasteiger partial charge on any atom is 0.255 e. The summed E-state index contributed by atoms with van der Waals surface area (Å²) >= 11 is 5.89. The summed E-state index contributed by atoms with van der Waals surface area (Å²) in [6, 6.07) is 19.5. The van der Waals surface area contributed by atoms with Gasteiger partial charge in [0.25, 0.3) is 5.91 Å². The van der Waals surface area contributed by atoms with Gasteiger partial charge < -0.3 is 10.1 Å². The minimum atomic E-state index is -0.286. The molecule has 0 bridgehead atoms. The zero-order chi connectivity index (χ0) is 23.6. The van der Waals surface area contributed by atoms with Gasteiger partial charge in [0.05, 0.1) is 24.8 Å². The van der Waals surface area contributed by atoms with E-state index in [9.17, 15) is 9.59 Å². The van der Waals surface area contributed by atoms with Crippen molar-refractivity contribution < 1.29 is 14.3 Å². The first-order chi connectivity index (χ1) is 15.7. The molecular weight excluding hydrogens is 436 g/mol. The molecule has 168 valence electrons. The fraction of sp³-hybridized carbons (Fsp3) is 0.222. The number of fused-ring (bicyclic) bond motifs is 1. The maximum atomic E-state index is 13.2. The van der Waals surface area contributed by atoms with Crippen molar-refractivity contribution in [3.05, 3.63) is 94.0 Å². The smallest absolute Gasteiger partial charge is 0.255 e. The fourth-order valence-electron chi connectivity index (χ4n) is 4.00. The number of rotatable bonds is 6. The first kappa shape index (κ1) is 22.7. The molecule has 3 aromatic carbocycles. The highest BCUT2D eigenvalue weighted by molar-refractivity contribution is 6.30. The Morgan fingerprint density at radius 1 is 1.03 bits per heavy atom. The molecule has 1 amide bonds. The van der Waals surface area contributed by atoms with Crippen LogP contribution in [0.3, 0.4) is 0 Å². The Hall–Kier alpha value is -3.44. The quantitative estimate of drug-likeness (QED) is 0.459. The summed E-state index contributed by atoms with van der Waals surface area (Å²) in [5.74, 6) is 0.402. The van der Waals surface area contributed by atoms with Crippen LogP contribution in [0.2, 0.25) is 5.02 Å². The van der Waals surface area contributed by atoms with Gasteiger partial charge in [-0.3, -0.25) is 14.6 Å². The number of nitrogens with one attached hydrogen (secondary N) is 1. The van der Waals surface area contributed by atoms with Crippen LogP contribution in [-0.2, 0) is 6.42 Å². The van der Waals surface area contributed by atoms with Crippen LogP contribution in [0.5, 0.6) is 5.75 Å². The van der Waals surface area contributed by atoms with Crippen molar-refractivity contribution in [1.29, 1.82) is 0 Å². The zero-order valence-electron chi connectivity index (χ0n) is 18.8. The van der Waals surface area contributed by atoms with E-state index in [0.29, 0.717) is 21.8 Å². The number of Topliss-reactive ketones (excluding diaryl/α,β-unsaturated/α-hetero) is 1. The van der Waals surface area contributed by atoms with E-state index in [0.717, 1.165) is 29.0 Å². The minimum Gasteiger partial charge on any atom is -0.497 e. The molecule has 1 aliphatic heterocycles. The number of ketones is 1. The van der Waals surface area contributed by atoms with Crippen molar-refractivity contribution in [3.63, 3.8) is 0 Å². The Bertz CT molecular complexity index is 1250. The van der Waals surface area contributed by atoms with Crippen LogP contribution in [-0.4, -0.2) is 30.1 Å². The van der Waals surface area contributed by atoms with Crippen molar-refractivity contribution in [3.8, 4) is 5.75 Å². The average Bonchev–Trinajstić information content (AvgIpc) is 2.78. The van der Waals surface area contributed by atoms with Crippen LogP contribution in [0.1, 0.15) is 52.1 Å². The average molecular weight is 461 g/mol. The van der Waals surface area contributed by atoms with E-state index in [4.69, 9.17) is 21.3 Å². The van der Waals surface area contributed by atoms with Crippen LogP contribution >= 0.6 is 11.6 Å². The van der Waals surface area contributed by atoms with E-state index in [1.165, 1.54) is 0 Å². The van der Waals surface area contributed by atoms with Gasteiger partial charge in [-0.05, 0) is 74.4 Å². The third-order valence-electron chi connectivity index (χ3n) is 5.57. The number of nitrogens with zero attached hydrogens (tertiary/aromatic N) is 1. The summed E-state index contributed by atoms with van der Waals surface area (Å²) in [4.78, 5) is 30.6. The Morgan fingerprint density at radius 3 is 2.52 bits per heavy atom. The molecule has 4 rings (SSSR count). The third kappa shape index (κ3) is 5.32. The number of amides is 1. The molecule has 6 heteroatoms. The Kier molecular flexibility index (Phi) is 6.34. The molecular formula is C27H25ClN2O3. The second-order valence-electron chi connectivity index (χ2n) is 8.71. The van der Waals surface area contributed by atoms with Crippen molar-refractivity contribution >= 4 is 34.7 Å². The lowest BCUT2D eigenvalue weighted by Crippen LogP contribution is -2.30. The minimum absolute atomic E-state index is 0.0668. The van der Waals surface area contributed by atoms with Crippen molar-refractivity contribution in [2.45, 2.75) is 32.2 Å². The predicted molar refractivity (Wildman–Crippen MR) is 132 cm³/mol. The number of hydrogen-bond donors (Lipinski definition) is 1. The molecule has 5 nitrogen and oxygen atoms in total. The second-order valence-corrected chi connectivity index (χ2v) is 9.15. The topological polar surface area (TPSA) is 67.8 Å². The van der Waals surface area contributed by atoms with Crippen LogP contribution in [0.4, 0.5) is 5.69 Å². The summed E-state index contributed by atoms with van der Waals surface area (Å²) in [6.45, 7) is 4.13. The van der Waals surface area contributed by atoms with Gasteiger partial charge in [-0.15, -0.1) is 0 Å². The molecule has 0 unspecified atom stereocenters. The highest BCUT2D eigenvalue weighted by atomic mass is 35.5. The molecule has 3 aromatic rings. The maximum absolute atomic E-state index is 13.2. The molecule has 0 atom stereocenters. The Balaban J connectivity index is 1.55. The van der Waals surface area contributed by atoms with Crippen molar-refractivity contribution in [2.75, 3.05) is 12.4 Å². The molecule has 1 N–H and O–H groups in total. The number of halogens is 1. The molecule has 1 aliphatic rings. The van der Waals surface area contributed by atoms with Gasteiger partial charge in [0.15, 0.2) is 5.78 Å². The van der Waals surface area contributed by atoms with Gasteiger partial charge >= 0.3 is 0 Å². The molecule has 0 saturated heterocycles. The van der Waals surface area contributed by atoms with Crippen LogP contribution in [0, 0.1) is 0 Å². The van der Waals surface area contributed by atoms with Crippen LogP contribution < -0.4 is 10.1 Å². The van der Waals surface area contributed by atoms with E-state index in [-0.39, 0.29) is 23.7 Å². The lowest BCUT2D eigenvalue weighted by Gasteiger charge is -2.29. The first-order valence-electron chi connectivity index (χ1n) is 10.7. The predicted octanol–water partition coefficient (Wildman–Crippen LogP) is 6.00. The summed E-state index contributed by atoms with van der Waals surface area (Å²) in [7, 11) is 1.63. The molecule has 1 heterocycles.